The Balaban J connectivity index is 1.30. The lowest BCUT2D eigenvalue weighted by Gasteiger charge is -2.40. The summed E-state index contributed by atoms with van der Waals surface area (Å²) in [7, 11) is 3.09. The molecule has 5 heterocycles. The van der Waals surface area contributed by atoms with E-state index in [-0.39, 0.29) is 51.6 Å². The quantitative estimate of drug-likeness (QED) is 0.133. The average Bonchev–Trinajstić information content (AvgIpc) is 3.81. The highest BCUT2D eigenvalue weighted by Crippen LogP contribution is 2.42. The van der Waals surface area contributed by atoms with Gasteiger partial charge in [0, 0.05) is 80.6 Å². The fourth-order valence-electron chi connectivity index (χ4n) is 10.3. The van der Waals surface area contributed by atoms with Crippen LogP contribution in [0.2, 0.25) is 0 Å². The molecule has 4 amide bonds. The van der Waals surface area contributed by atoms with E-state index in [4.69, 9.17) is 14.5 Å². The van der Waals surface area contributed by atoms with Crippen LogP contribution in [0.15, 0.2) is 60.8 Å². The van der Waals surface area contributed by atoms with E-state index in [1.54, 1.807) is 34.1 Å². The summed E-state index contributed by atoms with van der Waals surface area (Å²) in [5, 5.41) is 28.8. The number of benzene rings is 2. The highest BCUT2D eigenvalue weighted by Gasteiger charge is 2.53. The molecule has 16 heteroatoms. The number of carbonyl (C=O) groups is 5. The van der Waals surface area contributed by atoms with Crippen molar-refractivity contribution >= 4 is 40.5 Å². The first-order valence-corrected chi connectivity index (χ1v) is 23.9. The van der Waals surface area contributed by atoms with E-state index < -0.39 is 70.3 Å². The third-order valence-electron chi connectivity index (χ3n) is 14.0. The third-order valence-corrected chi connectivity index (χ3v) is 14.0. The summed E-state index contributed by atoms with van der Waals surface area (Å²) in [4.78, 5) is 77.7. The molecule has 0 radical (unpaired) electrons. The number of likely N-dealkylation sites (N-methyl/N-ethyl adjacent to an activating group) is 1. The highest BCUT2D eigenvalue weighted by atomic mass is 16.6. The van der Waals surface area contributed by atoms with Crippen LogP contribution in [0.5, 0.6) is 0 Å². The number of hydrazine groups is 1. The zero-order valence-electron chi connectivity index (χ0n) is 41.5. The lowest BCUT2D eigenvalue weighted by molar-refractivity contribution is -0.189. The van der Waals surface area contributed by atoms with Crippen molar-refractivity contribution < 1.29 is 43.7 Å². The molecule has 2 aromatic heterocycles. The number of methoxy groups -OCH3 is 1. The number of fused-ring (bicyclic) bond motifs is 6. The normalized spacial score (nSPS) is 23.7. The second kappa shape index (κ2) is 20.1. The lowest BCUT2D eigenvalue weighted by atomic mass is 9.84. The van der Waals surface area contributed by atoms with Crippen molar-refractivity contribution in [1.82, 2.24) is 35.1 Å². The summed E-state index contributed by atoms with van der Waals surface area (Å²) in [5.74, 6) is 0.391. The van der Waals surface area contributed by atoms with Crippen molar-refractivity contribution in [3.63, 3.8) is 0 Å². The van der Waals surface area contributed by atoms with Gasteiger partial charge in [0.15, 0.2) is 5.60 Å². The largest absolute Gasteiger partial charge is 0.462 e. The molecule has 3 aliphatic rings. The molecule has 2 saturated heterocycles. The van der Waals surface area contributed by atoms with Gasteiger partial charge >= 0.3 is 5.97 Å². The number of aryl methyl sites for hydroxylation is 1. The van der Waals surface area contributed by atoms with Crippen molar-refractivity contribution in [1.29, 1.82) is 0 Å². The van der Waals surface area contributed by atoms with Crippen LogP contribution in [0, 0.1) is 29.1 Å². The minimum atomic E-state index is -2.26. The Morgan fingerprint density at radius 2 is 1.81 bits per heavy atom. The number of amides is 4. The van der Waals surface area contributed by atoms with Gasteiger partial charge in [0.05, 0.1) is 30.6 Å². The second-order valence-electron chi connectivity index (χ2n) is 20.1. The smallest absolute Gasteiger partial charge is 0.355 e. The maximum absolute atomic E-state index is 14.8. The number of pyridine rings is 1. The highest BCUT2D eigenvalue weighted by molar-refractivity contribution is 5.98. The first kappa shape index (κ1) is 50.7. The van der Waals surface area contributed by atoms with E-state index in [2.05, 4.69) is 58.3 Å². The Hall–Kier alpha value is -6.12. The van der Waals surface area contributed by atoms with Crippen LogP contribution in [-0.2, 0) is 52.8 Å². The van der Waals surface area contributed by atoms with Gasteiger partial charge < -0.3 is 39.4 Å². The minimum absolute atomic E-state index is 0.00202. The zero-order valence-corrected chi connectivity index (χ0v) is 41.5. The number of aliphatic hydroxyl groups is 2. The predicted octanol–water partition coefficient (Wildman–Crippen LogP) is 4.78. The van der Waals surface area contributed by atoms with Crippen LogP contribution < -0.4 is 10.7 Å². The number of hydrogen-bond donors (Lipinski definition) is 4. The number of likely N-dealkylation sites (tertiary alicyclic amines) is 1. The van der Waals surface area contributed by atoms with Crippen molar-refractivity contribution in [2.24, 2.45) is 17.3 Å². The van der Waals surface area contributed by atoms with Crippen LogP contribution in [-0.4, -0.2) is 128 Å². The van der Waals surface area contributed by atoms with Crippen LogP contribution in [0.3, 0.4) is 0 Å². The van der Waals surface area contributed by atoms with Crippen LogP contribution in [0.1, 0.15) is 91.2 Å². The summed E-state index contributed by atoms with van der Waals surface area (Å²) in [6.45, 7) is 15.3. The molecule has 3 aliphatic heterocycles. The first-order valence-electron chi connectivity index (χ1n) is 23.9. The molecule has 4 aromatic rings. The molecule has 69 heavy (non-hydrogen) atoms. The van der Waals surface area contributed by atoms with Gasteiger partial charge in [0.2, 0.25) is 11.6 Å². The Kier molecular flexibility index (Phi) is 14.8. The number of esters is 1. The van der Waals surface area contributed by atoms with Crippen LogP contribution >= 0.6 is 0 Å². The molecular weight excluding hydrogens is 879 g/mol. The maximum Gasteiger partial charge on any atom is 0.355 e. The molecule has 0 aliphatic carbocycles. The maximum atomic E-state index is 14.8. The standard InChI is InChI=1S/C53H67N7O9/c1-11-16-43(61)58-29-33(5)52(66,30-58)49(64)57(9)45(32(3)4)47(62)55-41-26-35-17-13-18-36(25-35)37-20-21-42-39(27-37)40(46(59(42)12-2)38-19-14-23-54-44(38)34(6)68-10)28-51(7,8)31-69-50(65)53(67)22-15-24-60(56-53)48(41)63/h13-14,17-21,23,25,27,32-34,41,45,56,66-67H,12,15,22,24,26,28-31H2,1-10H3,(H,55,62)/t33-,34-,41-,45-,52?,53-/m0/s1. The number of carbonyl (C=O) groups excluding carboxylic acids is 5. The summed E-state index contributed by atoms with van der Waals surface area (Å²) >= 11 is 0. The molecule has 368 valence electrons. The molecule has 7 rings (SSSR count). The summed E-state index contributed by atoms with van der Waals surface area (Å²) in [6, 6.07) is 15.7. The van der Waals surface area contributed by atoms with E-state index in [0.717, 1.165) is 49.6 Å². The number of β-amino-alcohol motifs (C(OH)–C–C–N with tert-alkyl or cyclic N) is 1. The number of nitrogens with one attached hydrogen (secondary N) is 2. The van der Waals surface area contributed by atoms with Crippen molar-refractivity contribution in [3.05, 3.63) is 77.6 Å². The van der Waals surface area contributed by atoms with E-state index in [1.807, 2.05) is 51.1 Å². The molecule has 0 saturated carbocycles. The SMILES string of the molecule is CC#CC(=O)N1C[C@H](C)C(O)(C(=O)N(C)[C@H](C(=O)N[C@H]2Cc3cccc(c3)-c3ccc4c(c3)c(c(-c3cccnc3[C@H](C)OC)n4CC)CC(C)(C)COC(=O)[C@@]3(O)CCCN(N3)C2=O)C(C)C)C1. The third kappa shape index (κ3) is 10.0. The lowest BCUT2D eigenvalue weighted by Crippen LogP contribution is -2.67. The number of nitrogens with zero attached hydrogens (tertiary/aromatic N) is 5. The first-order chi connectivity index (χ1) is 32.7. The Morgan fingerprint density at radius 1 is 1.07 bits per heavy atom. The van der Waals surface area contributed by atoms with Crippen molar-refractivity contribution in [2.45, 2.75) is 117 Å². The number of cyclic esters (lactones) is 1. The molecule has 4 N–H and O–H groups in total. The van der Waals surface area contributed by atoms with Crippen molar-refractivity contribution in [2.75, 3.05) is 40.4 Å². The van der Waals surface area contributed by atoms with E-state index >= 15 is 0 Å². The summed E-state index contributed by atoms with van der Waals surface area (Å²) in [5.41, 5.74) is 5.10. The molecule has 2 fully saturated rings. The molecular formula is C53H67N7O9. The second-order valence-corrected chi connectivity index (χ2v) is 20.1. The minimum Gasteiger partial charge on any atom is -0.462 e. The van der Waals surface area contributed by atoms with Gasteiger partial charge in [-0.1, -0.05) is 70.9 Å². The average molecular weight is 946 g/mol. The molecule has 16 nitrogen and oxygen atoms in total. The van der Waals surface area contributed by atoms with Gasteiger partial charge in [-0.15, -0.1) is 0 Å². The molecule has 0 spiro atoms. The Morgan fingerprint density at radius 3 is 2.51 bits per heavy atom. The van der Waals surface area contributed by atoms with E-state index in [9.17, 15) is 34.2 Å². The monoisotopic (exact) mass is 946 g/mol. The Bertz CT molecular complexity index is 2700. The van der Waals surface area contributed by atoms with E-state index in [0.29, 0.717) is 18.5 Å². The zero-order chi connectivity index (χ0) is 50.2. The summed E-state index contributed by atoms with van der Waals surface area (Å²) < 4.78 is 14.1. The number of aromatic nitrogens is 2. The van der Waals surface area contributed by atoms with Crippen LogP contribution in [0.25, 0.3) is 33.3 Å². The molecule has 6 atom stereocenters. The van der Waals surface area contributed by atoms with Crippen molar-refractivity contribution in [3.8, 4) is 34.2 Å². The molecule has 1 unspecified atom stereocenters. The van der Waals surface area contributed by atoms with Crippen LogP contribution in [0.4, 0.5) is 0 Å². The number of hydrogen-bond acceptors (Lipinski definition) is 11. The van der Waals surface area contributed by atoms with Gasteiger partial charge in [0.1, 0.15) is 12.1 Å². The van der Waals surface area contributed by atoms with Gasteiger partial charge in [-0.25, -0.2) is 4.79 Å². The molecule has 2 aromatic carbocycles. The Labute approximate surface area is 404 Å². The van der Waals surface area contributed by atoms with Gasteiger partial charge in [-0.05, 0) is 92.0 Å². The predicted molar refractivity (Wildman–Crippen MR) is 260 cm³/mol. The van der Waals surface area contributed by atoms with Gasteiger partial charge in [-0.3, -0.25) is 29.2 Å². The topological polar surface area (TPSA) is 196 Å². The number of rotatable bonds is 9. The fourth-order valence-corrected chi connectivity index (χ4v) is 10.3. The summed E-state index contributed by atoms with van der Waals surface area (Å²) in [6.07, 6.45) is 2.15. The van der Waals surface area contributed by atoms with Gasteiger partial charge in [-0.2, -0.15) is 5.43 Å². The van der Waals surface area contributed by atoms with E-state index in [1.165, 1.54) is 23.8 Å². The fraction of sp³-hybridized carbons (Fsp3) is 0.509. The number of ether oxygens (including phenoxy) is 2. The van der Waals surface area contributed by atoms with Gasteiger partial charge in [0.25, 0.3) is 17.7 Å². The molecule has 6 bridgehead atoms.